The van der Waals surface area contributed by atoms with Gasteiger partial charge in [0.2, 0.25) is 5.43 Å². The average molecular weight is 415 g/mol. The van der Waals surface area contributed by atoms with Gasteiger partial charge in [-0.2, -0.15) is 0 Å². The number of hydrogen-bond acceptors (Lipinski definition) is 1. The van der Waals surface area contributed by atoms with Crippen LogP contribution in [0.4, 0.5) is 4.39 Å². The third kappa shape index (κ3) is 1.67. The largest absolute Gasteiger partial charge is 0.359 e. The van der Waals surface area contributed by atoms with Crippen LogP contribution in [-0.4, -0.2) is 4.98 Å². The van der Waals surface area contributed by atoms with Gasteiger partial charge in [0.1, 0.15) is 5.82 Å². The molecule has 0 saturated heterocycles. The second-order valence-electron chi connectivity index (χ2n) is 2.78. The van der Waals surface area contributed by atoms with E-state index in [9.17, 15) is 9.18 Å². The Morgan fingerprint density at radius 2 is 1.93 bits per heavy atom. The molecule has 0 bridgehead atoms. The highest BCUT2D eigenvalue weighted by atomic mass is 127. The fourth-order valence-electron chi connectivity index (χ4n) is 1.23. The zero-order chi connectivity index (χ0) is 10.3. The summed E-state index contributed by atoms with van der Waals surface area (Å²) in [5.41, 5.74) is 0.564. The fourth-order valence-corrected chi connectivity index (χ4v) is 2.42. The number of aromatic amines is 1. The van der Waals surface area contributed by atoms with Gasteiger partial charge in [-0.25, -0.2) is 4.39 Å². The number of benzene rings is 1. The molecule has 0 aliphatic rings. The number of hydrogen-bond donors (Lipinski definition) is 1. The molecule has 2 nitrogen and oxygen atoms in total. The molecule has 1 aromatic carbocycles. The predicted molar refractivity (Wildman–Crippen MR) is 70.0 cm³/mol. The van der Waals surface area contributed by atoms with E-state index in [4.69, 9.17) is 0 Å². The Morgan fingerprint density at radius 1 is 1.21 bits per heavy atom. The average Bonchev–Trinajstić information content (AvgIpc) is 2.12. The predicted octanol–water partition coefficient (Wildman–Crippen LogP) is 2.88. The number of H-pyrrole nitrogens is 1. The van der Waals surface area contributed by atoms with Gasteiger partial charge >= 0.3 is 0 Å². The van der Waals surface area contributed by atoms with Crippen LogP contribution in [0, 0.1) is 13.0 Å². The molecular formula is C9H4FI2NO. The first-order valence-electron chi connectivity index (χ1n) is 3.75. The summed E-state index contributed by atoms with van der Waals surface area (Å²) in [4.78, 5) is 14.6. The van der Waals surface area contributed by atoms with Gasteiger partial charge in [0, 0.05) is 9.77 Å². The zero-order valence-electron chi connectivity index (χ0n) is 6.77. The van der Waals surface area contributed by atoms with Gasteiger partial charge in [0.05, 0.1) is 14.5 Å². The van der Waals surface area contributed by atoms with Gasteiger partial charge in [-0.1, -0.05) is 0 Å². The van der Waals surface area contributed by atoms with Crippen LogP contribution >= 0.6 is 45.2 Å². The van der Waals surface area contributed by atoms with Gasteiger partial charge in [-0.15, -0.1) is 0 Å². The highest BCUT2D eigenvalue weighted by molar-refractivity contribution is 14.1. The fraction of sp³-hybridized carbons (Fsp3) is 0. The molecular weight excluding hydrogens is 411 g/mol. The molecule has 0 aliphatic heterocycles. The van der Waals surface area contributed by atoms with Crippen LogP contribution in [0.2, 0.25) is 0 Å². The van der Waals surface area contributed by atoms with Gasteiger partial charge in [0.15, 0.2) is 0 Å². The van der Waals surface area contributed by atoms with Crippen LogP contribution in [0.5, 0.6) is 0 Å². The summed E-state index contributed by atoms with van der Waals surface area (Å²) >= 11 is 3.93. The molecule has 0 radical (unpaired) electrons. The molecule has 5 heteroatoms. The maximum atomic E-state index is 13.0. The van der Waals surface area contributed by atoms with Gasteiger partial charge in [0.25, 0.3) is 0 Å². The Balaban J connectivity index is 3.03. The third-order valence-corrected chi connectivity index (χ3v) is 3.51. The summed E-state index contributed by atoms with van der Waals surface area (Å²) in [5.74, 6) is -0.380. The Morgan fingerprint density at radius 3 is 2.64 bits per heavy atom. The summed E-state index contributed by atoms with van der Waals surface area (Å²) in [6.45, 7) is 0. The minimum absolute atomic E-state index is 0.128. The van der Waals surface area contributed by atoms with Crippen molar-refractivity contribution in [3.8, 4) is 0 Å². The van der Waals surface area contributed by atoms with E-state index in [2.05, 4.69) is 4.98 Å². The van der Waals surface area contributed by atoms with E-state index >= 15 is 0 Å². The number of nitrogens with one attached hydrogen (secondary N) is 1. The first-order chi connectivity index (χ1) is 6.59. The first kappa shape index (κ1) is 10.3. The van der Waals surface area contributed by atoms with Crippen molar-refractivity contribution in [1.29, 1.82) is 0 Å². The first-order valence-corrected chi connectivity index (χ1v) is 5.91. The van der Waals surface area contributed by atoms with Crippen molar-refractivity contribution < 1.29 is 4.39 Å². The highest BCUT2D eigenvalue weighted by Gasteiger charge is 2.07. The number of rotatable bonds is 0. The SMILES string of the molecule is O=c1c(I)c[nH]c2c(I)cc(F)cc12. The van der Waals surface area contributed by atoms with Crippen molar-refractivity contribution in [3.05, 3.63) is 41.5 Å². The smallest absolute Gasteiger partial charge is 0.202 e. The van der Waals surface area contributed by atoms with E-state index in [0.717, 1.165) is 0 Å². The van der Waals surface area contributed by atoms with Gasteiger partial charge in [-0.05, 0) is 57.3 Å². The molecule has 0 fully saturated rings. The van der Waals surface area contributed by atoms with E-state index in [-0.39, 0.29) is 11.2 Å². The van der Waals surface area contributed by atoms with Gasteiger partial charge in [-0.3, -0.25) is 4.79 Å². The number of halogens is 3. The van der Waals surface area contributed by atoms with E-state index < -0.39 is 0 Å². The lowest BCUT2D eigenvalue weighted by Crippen LogP contribution is -2.07. The van der Waals surface area contributed by atoms with Crippen molar-refractivity contribution in [3.63, 3.8) is 0 Å². The minimum atomic E-state index is -0.380. The second kappa shape index (κ2) is 3.76. The second-order valence-corrected chi connectivity index (χ2v) is 5.10. The Hall–Kier alpha value is -0.180. The summed E-state index contributed by atoms with van der Waals surface area (Å²) in [6.07, 6.45) is 1.63. The molecule has 1 N–H and O–H groups in total. The lowest BCUT2D eigenvalue weighted by atomic mass is 10.2. The Labute approximate surface area is 106 Å². The molecule has 0 spiro atoms. The van der Waals surface area contributed by atoms with E-state index in [1.807, 2.05) is 45.2 Å². The monoisotopic (exact) mass is 415 g/mol. The van der Waals surface area contributed by atoms with Crippen LogP contribution in [0.3, 0.4) is 0 Å². The molecule has 0 unspecified atom stereocenters. The van der Waals surface area contributed by atoms with Crippen molar-refractivity contribution in [2.45, 2.75) is 0 Å². The molecule has 72 valence electrons. The molecule has 2 aromatic rings. The Kier molecular flexibility index (Phi) is 2.78. The van der Waals surface area contributed by atoms with Crippen LogP contribution in [0.25, 0.3) is 10.9 Å². The van der Waals surface area contributed by atoms with Gasteiger partial charge < -0.3 is 4.98 Å². The van der Waals surface area contributed by atoms with Crippen LogP contribution in [0.15, 0.2) is 23.1 Å². The van der Waals surface area contributed by atoms with Crippen molar-refractivity contribution >= 4 is 56.1 Å². The van der Waals surface area contributed by atoms with Crippen LogP contribution in [0.1, 0.15) is 0 Å². The summed E-state index contributed by atoms with van der Waals surface area (Å²) in [6, 6.07) is 2.66. The molecule has 1 aromatic heterocycles. The summed E-state index contributed by atoms with van der Waals surface area (Å²) in [7, 11) is 0. The van der Waals surface area contributed by atoms with Crippen molar-refractivity contribution in [2.24, 2.45) is 0 Å². The molecule has 0 atom stereocenters. The normalized spacial score (nSPS) is 10.8. The third-order valence-electron chi connectivity index (χ3n) is 1.86. The van der Waals surface area contributed by atoms with Crippen LogP contribution in [-0.2, 0) is 0 Å². The standard InChI is InChI=1S/C9H4FI2NO/c10-4-1-5-8(6(11)2-4)13-3-7(12)9(5)14/h1-3H,(H,13,14). The molecule has 0 aliphatic carbocycles. The number of pyridine rings is 1. The van der Waals surface area contributed by atoms with E-state index in [1.165, 1.54) is 12.1 Å². The molecule has 14 heavy (non-hydrogen) atoms. The lowest BCUT2D eigenvalue weighted by molar-refractivity contribution is 0.628. The lowest BCUT2D eigenvalue weighted by Gasteiger charge is -2.01. The highest BCUT2D eigenvalue weighted by Crippen LogP contribution is 2.18. The van der Waals surface area contributed by atoms with E-state index in [1.54, 1.807) is 6.20 Å². The van der Waals surface area contributed by atoms with Crippen molar-refractivity contribution in [1.82, 2.24) is 4.98 Å². The maximum absolute atomic E-state index is 13.0. The topological polar surface area (TPSA) is 32.9 Å². The quantitative estimate of drug-likeness (QED) is 0.661. The number of fused-ring (bicyclic) bond motifs is 1. The molecule has 0 saturated carbocycles. The van der Waals surface area contributed by atoms with E-state index in [0.29, 0.717) is 18.0 Å². The maximum Gasteiger partial charge on any atom is 0.202 e. The minimum Gasteiger partial charge on any atom is -0.359 e. The summed E-state index contributed by atoms with van der Waals surface area (Å²) < 4.78 is 14.3. The zero-order valence-corrected chi connectivity index (χ0v) is 11.1. The molecule has 2 rings (SSSR count). The summed E-state index contributed by atoms with van der Waals surface area (Å²) in [5, 5.41) is 0.404. The molecule has 1 heterocycles. The Bertz CT molecular complexity index is 564. The molecule has 0 amide bonds. The van der Waals surface area contributed by atoms with Crippen LogP contribution < -0.4 is 5.43 Å². The van der Waals surface area contributed by atoms with Crippen molar-refractivity contribution in [2.75, 3.05) is 0 Å². The number of aromatic nitrogens is 1.